The Hall–Kier alpha value is -1.44. The lowest BCUT2D eigenvalue weighted by Gasteiger charge is -2.22. The highest BCUT2D eigenvalue weighted by Crippen LogP contribution is 2.33. The molecule has 1 aliphatic rings. The molecule has 1 N–H and O–H groups in total. The average molecular weight is 384 g/mol. The number of benzene rings is 2. The zero-order valence-corrected chi connectivity index (χ0v) is 14.0. The van der Waals surface area contributed by atoms with Crippen molar-refractivity contribution in [2.45, 2.75) is 23.8 Å². The summed E-state index contributed by atoms with van der Waals surface area (Å²) in [4.78, 5) is 11.4. The summed E-state index contributed by atoms with van der Waals surface area (Å²) in [5, 5.41) is 10.6. The Morgan fingerprint density at radius 2 is 1.86 bits per heavy atom. The molecule has 0 amide bonds. The quantitative estimate of drug-likeness (QED) is 0.883. The maximum absolute atomic E-state index is 12.9. The first-order valence-electron chi connectivity index (χ1n) is 6.85. The Labute approximate surface area is 136 Å². The minimum atomic E-state index is -3.84. The summed E-state index contributed by atoms with van der Waals surface area (Å²) < 4.78 is 27.7. The Bertz CT molecular complexity index is 850. The van der Waals surface area contributed by atoms with Crippen LogP contribution in [0.3, 0.4) is 0 Å². The molecule has 3 rings (SSSR count). The van der Waals surface area contributed by atoms with E-state index in [2.05, 4.69) is 15.9 Å². The molecule has 0 aromatic heterocycles. The maximum Gasteiger partial charge on any atom is 0.322 e. The molecule has 116 valence electrons. The zero-order valence-electron chi connectivity index (χ0n) is 11.6. The molecule has 1 saturated heterocycles. The molecular formula is C15H14BrNO4S. The largest absolute Gasteiger partial charge is 0.480 e. The predicted molar refractivity (Wildman–Crippen MR) is 86.2 cm³/mol. The third kappa shape index (κ3) is 2.43. The topological polar surface area (TPSA) is 74.7 Å². The van der Waals surface area contributed by atoms with Crippen LogP contribution in [0.4, 0.5) is 0 Å². The van der Waals surface area contributed by atoms with Crippen LogP contribution in [-0.4, -0.2) is 36.4 Å². The van der Waals surface area contributed by atoms with Crippen LogP contribution in [0.1, 0.15) is 12.8 Å². The molecular weight excluding hydrogens is 370 g/mol. The van der Waals surface area contributed by atoms with E-state index in [1.54, 1.807) is 18.2 Å². The molecule has 1 aliphatic heterocycles. The summed E-state index contributed by atoms with van der Waals surface area (Å²) in [5.41, 5.74) is 0. The number of nitrogens with zero attached hydrogens (tertiary/aromatic N) is 1. The van der Waals surface area contributed by atoms with Gasteiger partial charge in [-0.05, 0) is 30.4 Å². The summed E-state index contributed by atoms with van der Waals surface area (Å²) in [6, 6.07) is 9.40. The van der Waals surface area contributed by atoms with E-state index >= 15 is 0 Å². The number of aliphatic carboxylic acids is 1. The number of carbonyl (C=O) groups is 1. The molecule has 7 heteroatoms. The Kier molecular flexibility index (Phi) is 3.96. The van der Waals surface area contributed by atoms with Crippen LogP contribution in [0.25, 0.3) is 10.8 Å². The molecule has 1 fully saturated rings. The van der Waals surface area contributed by atoms with Crippen LogP contribution in [0.2, 0.25) is 0 Å². The molecule has 0 radical (unpaired) electrons. The minimum absolute atomic E-state index is 0.152. The molecule has 22 heavy (non-hydrogen) atoms. The van der Waals surface area contributed by atoms with Crippen LogP contribution in [0.5, 0.6) is 0 Å². The second kappa shape index (κ2) is 5.64. The Morgan fingerprint density at radius 3 is 2.55 bits per heavy atom. The third-order valence-corrected chi connectivity index (χ3v) is 6.56. The van der Waals surface area contributed by atoms with Gasteiger partial charge in [-0.1, -0.05) is 40.2 Å². The molecule has 5 nitrogen and oxygen atoms in total. The number of hydrogen-bond donors (Lipinski definition) is 1. The van der Waals surface area contributed by atoms with Crippen LogP contribution in [0, 0.1) is 0 Å². The van der Waals surface area contributed by atoms with Crippen LogP contribution in [0.15, 0.2) is 45.8 Å². The van der Waals surface area contributed by atoms with E-state index < -0.39 is 22.0 Å². The second-order valence-electron chi connectivity index (χ2n) is 5.20. The fourth-order valence-corrected chi connectivity index (χ4v) is 5.19. The third-order valence-electron chi connectivity index (χ3n) is 3.91. The second-order valence-corrected chi connectivity index (χ2v) is 7.92. The summed E-state index contributed by atoms with van der Waals surface area (Å²) in [6.45, 7) is 0.240. The molecule has 0 saturated carbocycles. The van der Waals surface area contributed by atoms with E-state index in [1.807, 2.05) is 12.1 Å². The van der Waals surface area contributed by atoms with E-state index in [0.29, 0.717) is 18.2 Å². The van der Waals surface area contributed by atoms with Gasteiger partial charge in [0.25, 0.3) is 0 Å². The van der Waals surface area contributed by atoms with Gasteiger partial charge in [-0.3, -0.25) is 4.79 Å². The number of halogens is 1. The van der Waals surface area contributed by atoms with E-state index in [4.69, 9.17) is 0 Å². The number of carboxylic acids is 1. The lowest BCUT2D eigenvalue weighted by Crippen LogP contribution is -2.40. The van der Waals surface area contributed by atoms with Crippen molar-refractivity contribution in [3.05, 3.63) is 40.9 Å². The number of fused-ring (bicyclic) bond motifs is 1. The highest BCUT2D eigenvalue weighted by atomic mass is 79.9. The van der Waals surface area contributed by atoms with Crippen LogP contribution in [-0.2, 0) is 14.8 Å². The van der Waals surface area contributed by atoms with Gasteiger partial charge in [-0.15, -0.1) is 0 Å². The predicted octanol–water partition coefficient (Wildman–Crippen LogP) is 2.84. The van der Waals surface area contributed by atoms with Gasteiger partial charge in [0, 0.05) is 16.4 Å². The van der Waals surface area contributed by atoms with E-state index in [0.717, 1.165) is 14.2 Å². The minimum Gasteiger partial charge on any atom is -0.480 e. The lowest BCUT2D eigenvalue weighted by atomic mass is 10.1. The first-order chi connectivity index (χ1) is 10.4. The number of rotatable bonds is 3. The van der Waals surface area contributed by atoms with Gasteiger partial charge in [0.1, 0.15) is 6.04 Å². The number of sulfonamides is 1. The van der Waals surface area contributed by atoms with Crippen molar-refractivity contribution >= 4 is 42.7 Å². The SMILES string of the molecule is O=C(O)[C@H]1CCCN1S(=O)(=O)c1ccc(Br)c2ccccc12. The van der Waals surface area contributed by atoms with E-state index in [1.165, 1.54) is 6.07 Å². The van der Waals surface area contributed by atoms with Crippen molar-refractivity contribution in [1.82, 2.24) is 4.31 Å². The maximum atomic E-state index is 12.9. The first-order valence-corrected chi connectivity index (χ1v) is 9.08. The summed E-state index contributed by atoms with van der Waals surface area (Å²) in [5.74, 6) is -1.09. The normalized spacial score (nSPS) is 19.6. The molecule has 2 aromatic carbocycles. The van der Waals surface area contributed by atoms with Gasteiger partial charge in [0.15, 0.2) is 0 Å². The van der Waals surface area contributed by atoms with Gasteiger partial charge in [0.05, 0.1) is 4.90 Å². The van der Waals surface area contributed by atoms with Crippen molar-refractivity contribution in [2.75, 3.05) is 6.54 Å². The van der Waals surface area contributed by atoms with Crippen molar-refractivity contribution in [2.24, 2.45) is 0 Å². The zero-order chi connectivity index (χ0) is 15.9. The molecule has 2 aromatic rings. The smallest absolute Gasteiger partial charge is 0.322 e. The highest BCUT2D eigenvalue weighted by Gasteiger charge is 2.40. The monoisotopic (exact) mass is 383 g/mol. The molecule has 0 bridgehead atoms. The molecule has 0 unspecified atom stereocenters. The summed E-state index contributed by atoms with van der Waals surface area (Å²) in [6.07, 6.45) is 0.910. The molecule has 0 aliphatic carbocycles. The number of carboxylic acid groups (broad SMARTS) is 1. The first kappa shape index (κ1) is 15.5. The molecule has 1 atom stereocenters. The van der Waals surface area contributed by atoms with Gasteiger partial charge in [-0.25, -0.2) is 8.42 Å². The fourth-order valence-electron chi connectivity index (χ4n) is 2.86. The van der Waals surface area contributed by atoms with Crippen molar-refractivity contribution in [3.63, 3.8) is 0 Å². The van der Waals surface area contributed by atoms with Crippen molar-refractivity contribution in [1.29, 1.82) is 0 Å². The Morgan fingerprint density at radius 1 is 1.18 bits per heavy atom. The summed E-state index contributed by atoms with van der Waals surface area (Å²) >= 11 is 3.41. The average Bonchev–Trinajstić information content (AvgIpc) is 2.98. The van der Waals surface area contributed by atoms with Gasteiger partial charge in [-0.2, -0.15) is 4.31 Å². The molecule has 1 heterocycles. The highest BCUT2D eigenvalue weighted by molar-refractivity contribution is 9.10. The van der Waals surface area contributed by atoms with E-state index in [-0.39, 0.29) is 11.4 Å². The fraction of sp³-hybridized carbons (Fsp3) is 0.267. The van der Waals surface area contributed by atoms with Crippen LogP contribution >= 0.6 is 15.9 Å². The summed E-state index contributed by atoms with van der Waals surface area (Å²) in [7, 11) is -3.84. The van der Waals surface area contributed by atoms with E-state index in [9.17, 15) is 18.3 Å². The van der Waals surface area contributed by atoms with Crippen molar-refractivity contribution < 1.29 is 18.3 Å². The van der Waals surface area contributed by atoms with Gasteiger partial charge >= 0.3 is 5.97 Å². The Balaban J connectivity index is 2.18. The standard InChI is InChI=1S/C15H14BrNO4S/c16-12-7-8-14(11-5-2-1-4-10(11)12)22(20,21)17-9-3-6-13(17)15(18)19/h1-2,4-5,7-8,13H,3,6,9H2,(H,18,19)/t13-/m1/s1. The number of hydrogen-bond acceptors (Lipinski definition) is 3. The van der Waals surface area contributed by atoms with Gasteiger partial charge < -0.3 is 5.11 Å². The van der Waals surface area contributed by atoms with Crippen molar-refractivity contribution in [3.8, 4) is 0 Å². The lowest BCUT2D eigenvalue weighted by molar-refractivity contribution is -0.140. The molecule has 0 spiro atoms. The van der Waals surface area contributed by atoms with Crippen LogP contribution < -0.4 is 0 Å². The van der Waals surface area contributed by atoms with Gasteiger partial charge in [0.2, 0.25) is 10.0 Å².